The number of benzene rings is 1. The van der Waals surface area contributed by atoms with E-state index in [0.717, 1.165) is 6.07 Å². The molecule has 0 heterocycles. The molecule has 1 rings (SSSR count). The van der Waals surface area contributed by atoms with Crippen LogP contribution in [0.25, 0.3) is 0 Å². The van der Waals surface area contributed by atoms with Crippen molar-refractivity contribution in [3.63, 3.8) is 0 Å². The third kappa shape index (κ3) is 1.76. The largest absolute Gasteiger partial charge is 0.207 e. The van der Waals surface area contributed by atoms with Crippen molar-refractivity contribution in [1.29, 1.82) is 0 Å². The zero-order valence-corrected chi connectivity index (χ0v) is 8.50. The Bertz CT molecular complexity index is 345. The van der Waals surface area contributed by atoms with Crippen molar-refractivity contribution >= 4 is 0 Å². The van der Waals surface area contributed by atoms with Gasteiger partial charge < -0.3 is 0 Å². The molecule has 0 saturated carbocycles. The van der Waals surface area contributed by atoms with Crippen molar-refractivity contribution < 1.29 is 13.2 Å². The van der Waals surface area contributed by atoms with Crippen LogP contribution in [0.5, 0.6) is 0 Å². The van der Waals surface area contributed by atoms with Crippen molar-refractivity contribution in [2.24, 2.45) is 0 Å². The lowest BCUT2D eigenvalue weighted by molar-refractivity contribution is 0.467. The zero-order chi connectivity index (χ0) is 10.9. The Hall–Kier alpha value is -0.990. The van der Waals surface area contributed by atoms with Gasteiger partial charge in [-0.25, -0.2) is 13.2 Å². The van der Waals surface area contributed by atoms with E-state index < -0.39 is 17.5 Å². The summed E-state index contributed by atoms with van der Waals surface area (Å²) in [5.41, 5.74) is -0.136. The maximum atomic E-state index is 13.3. The third-order valence-corrected chi connectivity index (χ3v) is 2.56. The van der Waals surface area contributed by atoms with Gasteiger partial charge in [-0.2, -0.15) is 0 Å². The molecule has 0 saturated heterocycles. The average molecular weight is 202 g/mol. The SMILES string of the molecule is CCC(C)c1cc(F)c(C)c(F)c1F. The normalized spacial score (nSPS) is 13.0. The number of hydrogen-bond donors (Lipinski definition) is 0. The lowest BCUT2D eigenvalue weighted by Gasteiger charge is -2.12. The molecule has 0 radical (unpaired) electrons. The molecule has 1 atom stereocenters. The molecule has 0 spiro atoms. The Balaban J connectivity index is 3.33. The molecule has 1 aromatic carbocycles. The van der Waals surface area contributed by atoms with Gasteiger partial charge in [-0.15, -0.1) is 0 Å². The van der Waals surface area contributed by atoms with E-state index in [2.05, 4.69) is 0 Å². The molecule has 0 aromatic heterocycles. The van der Waals surface area contributed by atoms with Gasteiger partial charge in [0.2, 0.25) is 0 Å². The van der Waals surface area contributed by atoms with Crippen LogP contribution in [0.15, 0.2) is 6.07 Å². The molecule has 78 valence electrons. The maximum Gasteiger partial charge on any atom is 0.164 e. The van der Waals surface area contributed by atoms with Crippen LogP contribution < -0.4 is 0 Å². The second-order valence-electron chi connectivity index (χ2n) is 3.51. The molecule has 0 N–H and O–H groups in total. The maximum absolute atomic E-state index is 13.3. The van der Waals surface area contributed by atoms with Crippen LogP contribution in [0.2, 0.25) is 0 Å². The summed E-state index contributed by atoms with van der Waals surface area (Å²) >= 11 is 0. The van der Waals surface area contributed by atoms with E-state index in [9.17, 15) is 13.2 Å². The van der Waals surface area contributed by atoms with E-state index >= 15 is 0 Å². The van der Waals surface area contributed by atoms with Crippen LogP contribution in [-0.4, -0.2) is 0 Å². The summed E-state index contributed by atoms with van der Waals surface area (Å²) in [4.78, 5) is 0. The lowest BCUT2D eigenvalue weighted by atomic mass is 9.96. The Kier molecular flexibility index (Phi) is 3.19. The van der Waals surface area contributed by atoms with Crippen LogP contribution in [0, 0.1) is 24.4 Å². The minimum atomic E-state index is -1.07. The number of hydrogen-bond acceptors (Lipinski definition) is 0. The average Bonchev–Trinajstić information content (AvgIpc) is 2.19. The van der Waals surface area contributed by atoms with Gasteiger partial charge in [-0.3, -0.25) is 0 Å². The van der Waals surface area contributed by atoms with Gasteiger partial charge in [0.05, 0.1) is 0 Å². The van der Waals surface area contributed by atoms with E-state index in [0.29, 0.717) is 6.42 Å². The minimum Gasteiger partial charge on any atom is -0.207 e. The molecule has 14 heavy (non-hydrogen) atoms. The third-order valence-electron chi connectivity index (χ3n) is 2.56. The second kappa shape index (κ2) is 4.03. The summed E-state index contributed by atoms with van der Waals surface area (Å²) in [5.74, 6) is -2.84. The monoisotopic (exact) mass is 202 g/mol. The Morgan fingerprint density at radius 1 is 1.21 bits per heavy atom. The first-order valence-electron chi connectivity index (χ1n) is 4.63. The highest BCUT2D eigenvalue weighted by molar-refractivity contribution is 5.29. The van der Waals surface area contributed by atoms with Crippen molar-refractivity contribution in [1.82, 2.24) is 0 Å². The van der Waals surface area contributed by atoms with Crippen LogP contribution in [0.1, 0.15) is 37.3 Å². The summed E-state index contributed by atoms with van der Waals surface area (Å²) in [6.07, 6.45) is 0.652. The summed E-state index contributed by atoms with van der Waals surface area (Å²) < 4.78 is 39.6. The van der Waals surface area contributed by atoms with Crippen LogP contribution in [0.4, 0.5) is 13.2 Å². The predicted octanol–water partition coefficient (Wildman–Crippen LogP) is 3.93. The van der Waals surface area contributed by atoms with E-state index in [1.54, 1.807) is 6.92 Å². The van der Waals surface area contributed by atoms with Gasteiger partial charge >= 0.3 is 0 Å². The van der Waals surface area contributed by atoms with Crippen LogP contribution in [0.3, 0.4) is 0 Å². The fraction of sp³-hybridized carbons (Fsp3) is 0.455. The van der Waals surface area contributed by atoms with Crippen molar-refractivity contribution in [3.8, 4) is 0 Å². The second-order valence-corrected chi connectivity index (χ2v) is 3.51. The lowest BCUT2D eigenvalue weighted by Crippen LogP contribution is -2.03. The Morgan fingerprint density at radius 2 is 1.79 bits per heavy atom. The van der Waals surface area contributed by atoms with E-state index in [1.165, 1.54) is 6.92 Å². The first kappa shape index (κ1) is 11.1. The molecule has 3 heteroatoms. The van der Waals surface area contributed by atoms with Gasteiger partial charge in [-0.1, -0.05) is 13.8 Å². The highest BCUT2D eigenvalue weighted by Gasteiger charge is 2.18. The van der Waals surface area contributed by atoms with E-state index in [4.69, 9.17) is 0 Å². The summed E-state index contributed by atoms with van der Waals surface area (Å²) in [6.45, 7) is 4.82. The predicted molar refractivity (Wildman–Crippen MR) is 49.8 cm³/mol. The van der Waals surface area contributed by atoms with Crippen LogP contribution >= 0.6 is 0 Å². The summed E-state index contributed by atoms with van der Waals surface area (Å²) in [5, 5.41) is 0. The molecule has 0 aliphatic rings. The standard InChI is InChI=1S/C11H13F3/c1-4-6(2)8-5-9(12)7(3)10(13)11(8)14/h5-6H,4H2,1-3H3. The first-order valence-corrected chi connectivity index (χ1v) is 4.63. The first-order chi connectivity index (χ1) is 6.49. The highest BCUT2D eigenvalue weighted by atomic mass is 19.2. The molecule has 1 aromatic rings. The van der Waals surface area contributed by atoms with Crippen LogP contribution in [-0.2, 0) is 0 Å². The quantitative estimate of drug-likeness (QED) is 0.637. The topological polar surface area (TPSA) is 0 Å². The number of rotatable bonds is 2. The van der Waals surface area contributed by atoms with Crippen molar-refractivity contribution in [2.75, 3.05) is 0 Å². The fourth-order valence-electron chi connectivity index (χ4n) is 1.28. The van der Waals surface area contributed by atoms with E-state index in [1.807, 2.05) is 6.92 Å². The van der Waals surface area contributed by atoms with Crippen molar-refractivity contribution in [3.05, 3.63) is 34.6 Å². The number of halogens is 3. The van der Waals surface area contributed by atoms with Gasteiger partial charge in [0.15, 0.2) is 11.6 Å². The van der Waals surface area contributed by atoms with Gasteiger partial charge in [0.1, 0.15) is 5.82 Å². The minimum absolute atomic E-state index is 0.119. The van der Waals surface area contributed by atoms with Gasteiger partial charge in [0.25, 0.3) is 0 Å². The molecule has 0 bridgehead atoms. The molecule has 0 aliphatic carbocycles. The van der Waals surface area contributed by atoms with Gasteiger partial charge in [0, 0.05) is 5.56 Å². The molecule has 0 nitrogen and oxygen atoms in total. The Morgan fingerprint density at radius 3 is 2.29 bits per heavy atom. The fourth-order valence-corrected chi connectivity index (χ4v) is 1.28. The summed E-state index contributed by atoms with van der Waals surface area (Å²) in [7, 11) is 0. The zero-order valence-electron chi connectivity index (χ0n) is 8.50. The molecular weight excluding hydrogens is 189 g/mol. The highest BCUT2D eigenvalue weighted by Crippen LogP contribution is 2.26. The molecule has 0 fully saturated rings. The van der Waals surface area contributed by atoms with Crippen molar-refractivity contribution in [2.45, 2.75) is 33.1 Å². The molecular formula is C11H13F3. The smallest absolute Gasteiger partial charge is 0.164 e. The molecule has 0 amide bonds. The van der Waals surface area contributed by atoms with Gasteiger partial charge in [-0.05, 0) is 30.9 Å². The Labute approximate surface area is 81.8 Å². The van der Waals surface area contributed by atoms with E-state index in [-0.39, 0.29) is 17.0 Å². The summed E-state index contributed by atoms with van der Waals surface area (Å²) in [6, 6.07) is 1.09. The molecule has 1 unspecified atom stereocenters. The molecule has 0 aliphatic heterocycles.